The Morgan fingerprint density at radius 3 is 2.94 bits per heavy atom. The van der Waals surface area contributed by atoms with Gasteiger partial charge < -0.3 is 4.98 Å². The van der Waals surface area contributed by atoms with Gasteiger partial charge in [0.1, 0.15) is 11.5 Å². The fraction of sp³-hybridized carbons (Fsp3) is 0. The van der Waals surface area contributed by atoms with E-state index in [0.717, 1.165) is 4.47 Å². The minimum Gasteiger partial charge on any atom is -0.356 e. The van der Waals surface area contributed by atoms with E-state index in [2.05, 4.69) is 31.4 Å². The third-order valence-electron chi connectivity index (χ3n) is 2.12. The van der Waals surface area contributed by atoms with Gasteiger partial charge in [-0.3, -0.25) is 4.79 Å². The highest BCUT2D eigenvalue weighted by molar-refractivity contribution is 9.10. The van der Waals surface area contributed by atoms with Gasteiger partial charge in [0.25, 0.3) is 5.91 Å². The van der Waals surface area contributed by atoms with E-state index in [1.807, 2.05) is 0 Å². The predicted molar refractivity (Wildman–Crippen MR) is 70.0 cm³/mol. The maximum atomic E-state index is 12.9. The van der Waals surface area contributed by atoms with Crippen molar-refractivity contribution in [2.75, 3.05) is 0 Å². The van der Waals surface area contributed by atoms with Crippen molar-refractivity contribution in [3.8, 4) is 0 Å². The standard InChI is InChI=1S/C12H9BrFN3O/c13-9-5-11(15-7-9)12(18)17-16-6-8-2-1-3-10(14)4-8/h1-7,15H,(H,17,18)/b16-6-. The Morgan fingerprint density at radius 2 is 2.28 bits per heavy atom. The fourth-order valence-electron chi connectivity index (χ4n) is 1.31. The van der Waals surface area contributed by atoms with Crippen LogP contribution < -0.4 is 5.43 Å². The molecule has 0 aliphatic carbocycles. The van der Waals surface area contributed by atoms with E-state index in [4.69, 9.17) is 0 Å². The van der Waals surface area contributed by atoms with Crippen LogP contribution in [0.25, 0.3) is 0 Å². The Bertz CT molecular complexity index is 595. The van der Waals surface area contributed by atoms with Gasteiger partial charge >= 0.3 is 0 Å². The highest BCUT2D eigenvalue weighted by Gasteiger charge is 2.05. The second-order valence-electron chi connectivity index (χ2n) is 3.49. The molecule has 1 aromatic carbocycles. The zero-order valence-corrected chi connectivity index (χ0v) is 10.7. The zero-order valence-electron chi connectivity index (χ0n) is 9.15. The Balaban J connectivity index is 1.97. The van der Waals surface area contributed by atoms with Crippen molar-refractivity contribution in [3.63, 3.8) is 0 Å². The lowest BCUT2D eigenvalue weighted by atomic mass is 10.2. The number of hydrogen-bond donors (Lipinski definition) is 2. The fourth-order valence-corrected chi connectivity index (χ4v) is 1.65. The Hall–Kier alpha value is -1.95. The number of aromatic amines is 1. The summed E-state index contributed by atoms with van der Waals surface area (Å²) in [5, 5.41) is 3.74. The van der Waals surface area contributed by atoms with Gasteiger partial charge in [0.05, 0.1) is 6.21 Å². The van der Waals surface area contributed by atoms with E-state index in [0.29, 0.717) is 11.3 Å². The number of H-pyrrole nitrogens is 1. The highest BCUT2D eigenvalue weighted by atomic mass is 79.9. The van der Waals surface area contributed by atoms with Crippen molar-refractivity contribution in [2.24, 2.45) is 5.10 Å². The molecule has 0 saturated carbocycles. The summed E-state index contributed by atoms with van der Waals surface area (Å²) in [4.78, 5) is 14.3. The molecule has 6 heteroatoms. The van der Waals surface area contributed by atoms with Crippen molar-refractivity contribution < 1.29 is 9.18 Å². The summed E-state index contributed by atoms with van der Waals surface area (Å²) in [6.45, 7) is 0. The molecule has 18 heavy (non-hydrogen) atoms. The molecule has 0 aliphatic heterocycles. The number of carbonyl (C=O) groups excluding carboxylic acids is 1. The largest absolute Gasteiger partial charge is 0.356 e. The maximum absolute atomic E-state index is 12.9. The van der Waals surface area contributed by atoms with Gasteiger partial charge in [-0.2, -0.15) is 5.10 Å². The van der Waals surface area contributed by atoms with Gasteiger partial charge in [0, 0.05) is 10.7 Å². The molecule has 0 fully saturated rings. The van der Waals surface area contributed by atoms with Crippen LogP contribution in [0.4, 0.5) is 4.39 Å². The number of halogens is 2. The summed E-state index contributed by atoms with van der Waals surface area (Å²) >= 11 is 3.22. The Labute approximate surface area is 111 Å². The molecule has 0 atom stereocenters. The van der Waals surface area contributed by atoms with Gasteiger partial charge in [-0.1, -0.05) is 12.1 Å². The third kappa shape index (κ3) is 3.27. The molecule has 0 unspecified atom stereocenters. The first kappa shape index (κ1) is 12.5. The Kier molecular flexibility index (Phi) is 3.88. The molecule has 2 rings (SSSR count). The van der Waals surface area contributed by atoms with Crippen molar-refractivity contribution in [2.45, 2.75) is 0 Å². The van der Waals surface area contributed by atoms with Crippen LogP contribution >= 0.6 is 15.9 Å². The average Bonchev–Trinajstić information content (AvgIpc) is 2.76. The van der Waals surface area contributed by atoms with Crippen LogP contribution in [0.3, 0.4) is 0 Å². The van der Waals surface area contributed by atoms with Crippen LogP contribution in [0.1, 0.15) is 16.1 Å². The van der Waals surface area contributed by atoms with Crippen LogP contribution in [-0.4, -0.2) is 17.1 Å². The summed E-state index contributed by atoms with van der Waals surface area (Å²) in [7, 11) is 0. The summed E-state index contributed by atoms with van der Waals surface area (Å²) in [5.74, 6) is -0.716. The van der Waals surface area contributed by atoms with Gasteiger partial charge in [0.15, 0.2) is 0 Å². The maximum Gasteiger partial charge on any atom is 0.287 e. The zero-order chi connectivity index (χ0) is 13.0. The lowest BCUT2D eigenvalue weighted by Gasteiger charge is -1.96. The van der Waals surface area contributed by atoms with Crippen LogP contribution in [-0.2, 0) is 0 Å². The second-order valence-corrected chi connectivity index (χ2v) is 4.40. The topological polar surface area (TPSA) is 57.2 Å². The van der Waals surface area contributed by atoms with Crippen LogP contribution in [0, 0.1) is 5.82 Å². The molecule has 1 heterocycles. The van der Waals surface area contributed by atoms with Crippen molar-refractivity contribution in [3.05, 3.63) is 58.1 Å². The molecular weight excluding hydrogens is 301 g/mol. The molecule has 0 radical (unpaired) electrons. The predicted octanol–water partition coefficient (Wildman–Crippen LogP) is 2.68. The van der Waals surface area contributed by atoms with E-state index in [-0.39, 0.29) is 11.7 Å². The molecular formula is C12H9BrFN3O. The lowest BCUT2D eigenvalue weighted by molar-refractivity contribution is 0.0951. The van der Waals surface area contributed by atoms with E-state index in [1.54, 1.807) is 24.4 Å². The van der Waals surface area contributed by atoms with Crippen LogP contribution in [0.2, 0.25) is 0 Å². The number of nitrogens with zero attached hydrogens (tertiary/aromatic N) is 1. The molecule has 2 N–H and O–H groups in total. The van der Waals surface area contributed by atoms with Gasteiger partial charge in [0.2, 0.25) is 0 Å². The normalized spacial score (nSPS) is 10.8. The quantitative estimate of drug-likeness (QED) is 0.664. The number of hydrazone groups is 1. The van der Waals surface area contributed by atoms with Crippen molar-refractivity contribution in [1.29, 1.82) is 0 Å². The van der Waals surface area contributed by atoms with E-state index < -0.39 is 0 Å². The highest BCUT2D eigenvalue weighted by Crippen LogP contribution is 2.10. The molecule has 1 amide bonds. The summed E-state index contributed by atoms with van der Waals surface area (Å²) < 4.78 is 13.6. The van der Waals surface area contributed by atoms with Crippen molar-refractivity contribution in [1.82, 2.24) is 10.4 Å². The molecule has 1 aromatic heterocycles. The third-order valence-corrected chi connectivity index (χ3v) is 2.58. The van der Waals surface area contributed by atoms with E-state index >= 15 is 0 Å². The number of benzene rings is 1. The summed E-state index contributed by atoms with van der Waals surface area (Å²) in [6, 6.07) is 7.55. The monoisotopic (exact) mass is 309 g/mol. The Morgan fingerprint density at radius 1 is 1.44 bits per heavy atom. The average molecular weight is 310 g/mol. The molecule has 0 bridgehead atoms. The smallest absolute Gasteiger partial charge is 0.287 e. The minimum absolute atomic E-state index is 0.349. The molecule has 92 valence electrons. The number of hydrogen-bond acceptors (Lipinski definition) is 2. The van der Waals surface area contributed by atoms with Crippen LogP contribution in [0.5, 0.6) is 0 Å². The molecule has 2 aromatic rings. The number of carbonyl (C=O) groups is 1. The molecule has 0 aliphatic rings. The van der Waals surface area contributed by atoms with Crippen LogP contribution in [0.15, 0.2) is 46.1 Å². The lowest BCUT2D eigenvalue weighted by Crippen LogP contribution is -2.17. The SMILES string of the molecule is O=C(N/N=C\c1cccc(F)c1)c1cc(Br)c[nH]1. The van der Waals surface area contributed by atoms with E-state index in [9.17, 15) is 9.18 Å². The van der Waals surface area contributed by atoms with Gasteiger partial charge in [-0.05, 0) is 39.7 Å². The number of nitrogens with one attached hydrogen (secondary N) is 2. The molecule has 4 nitrogen and oxygen atoms in total. The van der Waals surface area contributed by atoms with Gasteiger partial charge in [-0.15, -0.1) is 0 Å². The summed E-state index contributed by atoms with van der Waals surface area (Å²) in [6.07, 6.45) is 3.02. The second kappa shape index (κ2) is 5.59. The number of rotatable bonds is 3. The van der Waals surface area contributed by atoms with Crippen molar-refractivity contribution >= 4 is 28.1 Å². The summed E-state index contributed by atoms with van der Waals surface area (Å²) in [5.41, 5.74) is 3.30. The number of aromatic nitrogens is 1. The minimum atomic E-state index is -0.367. The first-order valence-electron chi connectivity index (χ1n) is 5.08. The van der Waals surface area contributed by atoms with Gasteiger partial charge in [-0.25, -0.2) is 9.82 Å². The first-order valence-corrected chi connectivity index (χ1v) is 5.87. The first-order chi connectivity index (χ1) is 8.65. The number of amides is 1. The van der Waals surface area contributed by atoms with E-state index in [1.165, 1.54) is 18.3 Å². The molecule has 0 saturated heterocycles. The molecule has 0 spiro atoms.